The Bertz CT molecular complexity index is 679. The van der Waals surface area contributed by atoms with Crippen molar-refractivity contribution in [2.75, 3.05) is 0 Å². The number of hydrogen-bond donors (Lipinski definition) is 0. The highest BCUT2D eigenvalue weighted by Crippen LogP contribution is 2.64. The fourth-order valence-electron chi connectivity index (χ4n) is 10.2. The molecule has 0 radical (unpaired) electrons. The second-order valence-corrected chi connectivity index (χ2v) is 16.1. The normalized spacial score (nSPS) is 19.4. The zero-order valence-electron chi connectivity index (χ0n) is 30.1. The molecule has 0 aromatic heterocycles. The lowest BCUT2D eigenvalue weighted by atomic mass is 9.43. The number of hydrogen-bond acceptors (Lipinski definition) is 0. The fraction of sp³-hybridized carbons (Fsp3) is 0.947. The van der Waals surface area contributed by atoms with E-state index < -0.39 is 0 Å². The summed E-state index contributed by atoms with van der Waals surface area (Å²) in [5.74, 6) is 5.18. The molecule has 0 aliphatic rings. The van der Waals surface area contributed by atoms with Gasteiger partial charge in [0.2, 0.25) is 0 Å². The van der Waals surface area contributed by atoms with Crippen molar-refractivity contribution in [3.05, 3.63) is 12.2 Å². The molecule has 0 nitrogen and oxygen atoms in total. The molecule has 0 saturated carbocycles. The van der Waals surface area contributed by atoms with Crippen LogP contribution in [0.4, 0.5) is 0 Å². The van der Waals surface area contributed by atoms with Gasteiger partial charge < -0.3 is 0 Å². The Morgan fingerprint density at radius 3 is 1.42 bits per heavy atom. The molecule has 0 N–H and O–H groups in total. The van der Waals surface area contributed by atoms with Gasteiger partial charge in [-0.15, -0.1) is 0 Å². The van der Waals surface area contributed by atoms with Crippen LogP contribution in [0.3, 0.4) is 0 Å². The quantitative estimate of drug-likeness (QED) is 0.163. The smallest absolute Gasteiger partial charge is 0.0173 e. The molecule has 0 aromatic carbocycles. The lowest BCUT2D eigenvalue weighted by Gasteiger charge is -2.62. The molecule has 0 rings (SSSR count). The first-order valence-corrected chi connectivity index (χ1v) is 16.9. The van der Waals surface area contributed by atoms with Crippen LogP contribution in [0.5, 0.6) is 0 Å². The Morgan fingerprint density at radius 2 is 1.16 bits per heavy atom. The van der Waals surface area contributed by atoms with Crippen molar-refractivity contribution in [3.8, 4) is 0 Å². The van der Waals surface area contributed by atoms with Crippen LogP contribution in [0.1, 0.15) is 163 Å². The van der Waals surface area contributed by atoms with Crippen LogP contribution < -0.4 is 0 Å². The Balaban J connectivity index is 7.41. The zero-order valence-corrected chi connectivity index (χ0v) is 30.1. The first kappa shape index (κ1) is 37.7. The molecule has 6 atom stereocenters. The third-order valence-electron chi connectivity index (χ3n) is 12.4. The third-order valence-corrected chi connectivity index (χ3v) is 12.4. The standard InChI is InChI=1S/C38H76/c1-20-25-38(28(10)11,36(18,19)22-3)32(21-2)31(14)37(23-4,24-5)34(27(8)9)33(26(6)7)29(12)30(13)35(15,16)17/h26-29,31-34H,13,20-25H2,1-12,14-19H3. The second-order valence-electron chi connectivity index (χ2n) is 16.1. The summed E-state index contributed by atoms with van der Waals surface area (Å²) in [7, 11) is 0. The maximum Gasteiger partial charge on any atom is -0.0173 e. The van der Waals surface area contributed by atoms with Crippen LogP contribution in [0, 0.1) is 69.0 Å². The molecule has 0 saturated heterocycles. The second kappa shape index (κ2) is 14.6. The van der Waals surface area contributed by atoms with Gasteiger partial charge >= 0.3 is 0 Å². The van der Waals surface area contributed by atoms with Crippen molar-refractivity contribution in [1.29, 1.82) is 0 Å². The molecule has 0 bridgehead atoms. The largest absolute Gasteiger partial charge is 0.0990 e. The molecule has 0 spiro atoms. The highest BCUT2D eigenvalue weighted by atomic mass is 14.6. The minimum Gasteiger partial charge on any atom is -0.0990 e. The molecule has 0 aromatic rings. The molecule has 0 heterocycles. The van der Waals surface area contributed by atoms with Gasteiger partial charge in [-0.2, -0.15) is 0 Å². The van der Waals surface area contributed by atoms with Crippen LogP contribution in [0.15, 0.2) is 12.2 Å². The summed E-state index contributed by atoms with van der Waals surface area (Å²) < 4.78 is 0. The monoisotopic (exact) mass is 533 g/mol. The van der Waals surface area contributed by atoms with Gasteiger partial charge in [0.05, 0.1) is 0 Å². The van der Waals surface area contributed by atoms with Gasteiger partial charge in [-0.1, -0.05) is 156 Å². The number of allylic oxidation sites excluding steroid dienone is 1. The Hall–Kier alpha value is -0.260. The lowest BCUT2D eigenvalue weighted by molar-refractivity contribution is -0.131. The lowest BCUT2D eigenvalue weighted by Crippen LogP contribution is -2.55. The van der Waals surface area contributed by atoms with Crippen molar-refractivity contribution in [1.82, 2.24) is 0 Å². The minimum absolute atomic E-state index is 0.145. The number of rotatable bonds is 17. The van der Waals surface area contributed by atoms with Crippen molar-refractivity contribution in [2.24, 2.45) is 69.0 Å². The third kappa shape index (κ3) is 7.14. The van der Waals surface area contributed by atoms with Crippen molar-refractivity contribution in [2.45, 2.75) is 163 Å². The van der Waals surface area contributed by atoms with Crippen molar-refractivity contribution in [3.63, 3.8) is 0 Å². The van der Waals surface area contributed by atoms with Crippen molar-refractivity contribution >= 4 is 0 Å². The van der Waals surface area contributed by atoms with Crippen LogP contribution in [-0.2, 0) is 0 Å². The summed E-state index contributed by atoms with van der Waals surface area (Å²) in [6.45, 7) is 49.9. The van der Waals surface area contributed by atoms with Gasteiger partial charge in [0, 0.05) is 0 Å². The summed E-state index contributed by atoms with van der Waals surface area (Å²) in [6.07, 6.45) is 7.70. The first-order valence-electron chi connectivity index (χ1n) is 16.9. The first-order chi connectivity index (χ1) is 17.2. The topological polar surface area (TPSA) is 0 Å². The van der Waals surface area contributed by atoms with E-state index in [0.717, 1.165) is 0 Å². The summed E-state index contributed by atoms with van der Waals surface area (Å²) in [4.78, 5) is 0. The minimum atomic E-state index is 0.145. The SMILES string of the molecule is C=C(C(C)C(C(C)C)C(C(C)C)C(CC)(CC)C(C)C(CC)C(CCC)(C(C)C)C(C)(C)CC)C(C)(C)C. The van der Waals surface area contributed by atoms with E-state index in [9.17, 15) is 0 Å². The Labute approximate surface area is 244 Å². The van der Waals surface area contributed by atoms with Crippen LogP contribution in [0.25, 0.3) is 0 Å². The molecular weight excluding hydrogens is 456 g/mol. The van der Waals surface area contributed by atoms with Gasteiger partial charge in [0.25, 0.3) is 0 Å². The predicted molar refractivity (Wildman–Crippen MR) is 177 cm³/mol. The molecule has 0 heteroatoms. The molecule has 0 amide bonds. The summed E-state index contributed by atoms with van der Waals surface area (Å²) >= 11 is 0. The molecule has 0 aliphatic carbocycles. The molecule has 0 aliphatic heterocycles. The van der Waals surface area contributed by atoms with E-state index in [1.54, 1.807) is 0 Å². The molecule has 38 heavy (non-hydrogen) atoms. The fourth-order valence-corrected chi connectivity index (χ4v) is 10.2. The predicted octanol–water partition coefficient (Wildman–Crippen LogP) is 13.1. The van der Waals surface area contributed by atoms with Gasteiger partial charge in [0.15, 0.2) is 0 Å². The summed E-state index contributed by atoms with van der Waals surface area (Å²) in [6, 6.07) is 0. The molecule has 228 valence electrons. The van der Waals surface area contributed by atoms with Gasteiger partial charge in [-0.3, -0.25) is 0 Å². The maximum atomic E-state index is 4.73. The highest BCUT2D eigenvalue weighted by Gasteiger charge is 2.57. The average Bonchev–Trinajstić information content (AvgIpc) is 2.81. The van der Waals surface area contributed by atoms with E-state index in [0.29, 0.717) is 63.6 Å². The summed E-state index contributed by atoms with van der Waals surface area (Å²) in [5, 5.41) is 0. The van der Waals surface area contributed by atoms with E-state index in [4.69, 9.17) is 6.58 Å². The Morgan fingerprint density at radius 1 is 0.684 bits per heavy atom. The maximum absolute atomic E-state index is 4.73. The van der Waals surface area contributed by atoms with Crippen molar-refractivity contribution < 1.29 is 0 Å². The molecular formula is C38H76. The van der Waals surface area contributed by atoms with E-state index in [1.165, 1.54) is 44.1 Å². The van der Waals surface area contributed by atoms with E-state index in [2.05, 4.69) is 125 Å². The van der Waals surface area contributed by atoms with Crippen LogP contribution in [0.2, 0.25) is 0 Å². The highest BCUT2D eigenvalue weighted by molar-refractivity contribution is 5.13. The van der Waals surface area contributed by atoms with E-state index in [-0.39, 0.29) is 5.41 Å². The molecule has 0 fully saturated rings. The van der Waals surface area contributed by atoms with Crippen LogP contribution in [-0.4, -0.2) is 0 Å². The zero-order chi connectivity index (χ0) is 30.4. The average molecular weight is 533 g/mol. The van der Waals surface area contributed by atoms with Gasteiger partial charge in [0.1, 0.15) is 0 Å². The van der Waals surface area contributed by atoms with E-state index in [1.807, 2.05) is 0 Å². The van der Waals surface area contributed by atoms with Gasteiger partial charge in [-0.05, 0) is 88.3 Å². The van der Waals surface area contributed by atoms with Crippen LogP contribution >= 0.6 is 0 Å². The van der Waals surface area contributed by atoms with E-state index >= 15 is 0 Å². The van der Waals surface area contributed by atoms with Gasteiger partial charge in [-0.25, -0.2) is 0 Å². The summed E-state index contributed by atoms with van der Waals surface area (Å²) in [5.41, 5.74) is 2.56. The molecule has 6 unspecified atom stereocenters. The Kier molecular flexibility index (Phi) is 14.5.